The van der Waals surface area contributed by atoms with Crippen molar-refractivity contribution in [2.24, 2.45) is 0 Å². The minimum absolute atomic E-state index is 0.0695. The van der Waals surface area contributed by atoms with Gasteiger partial charge in [-0.3, -0.25) is 0 Å². The minimum Gasteiger partial charge on any atom is -0.457 e. The van der Waals surface area contributed by atoms with Crippen molar-refractivity contribution in [3.63, 3.8) is 0 Å². The fraction of sp³-hybridized carbons (Fsp3) is 0.200. The van der Waals surface area contributed by atoms with Crippen LogP contribution in [0.3, 0.4) is 0 Å². The third kappa shape index (κ3) is 3.21. The number of hydrogen-bond donors (Lipinski definition) is 2. The maximum absolute atomic E-state index is 12.8. The van der Waals surface area contributed by atoms with Crippen molar-refractivity contribution in [2.75, 3.05) is 11.5 Å². The van der Waals surface area contributed by atoms with Crippen LogP contribution < -0.4 is 16.2 Å². The molecule has 112 valence electrons. The molecule has 4 N–H and O–H groups in total. The fourth-order valence-electron chi connectivity index (χ4n) is 1.97. The van der Waals surface area contributed by atoms with Gasteiger partial charge < -0.3 is 16.2 Å². The molecule has 0 spiro atoms. The van der Waals surface area contributed by atoms with Gasteiger partial charge in [0.15, 0.2) is 0 Å². The Hall–Kier alpha value is -2.37. The summed E-state index contributed by atoms with van der Waals surface area (Å²) in [5.41, 5.74) is 12.2. The minimum atomic E-state index is -4.52. The molecule has 0 atom stereocenters. The molecule has 0 unspecified atom stereocenters. The molecule has 0 aliphatic rings. The summed E-state index contributed by atoms with van der Waals surface area (Å²) in [4.78, 5) is 0. The molecule has 0 aliphatic carbocycles. The first-order valence-electron chi connectivity index (χ1n) is 6.20. The first-order chi connectivity index (χ1) is 9.68. The van der Waals surface area contributed by atoms with E-state index < -0.39 is 11.7 Å². The third-order valence-electron chi connectivity index (χ3n) is 3.13. The van der Waals surface area contributed by atoms with E-state index in [-0.39, 0.29) is 11.4 Å². The molecule has 0 aromatic heterocycles. The standard InChI is InChI=1S/C15H15F3N2O/c1-8-5-11(6-9(2)14(8)20)21-10-3-4-13(19)12(7-10)15(16,17)18/h3-7H,19-20H2,1-2H3. The lowest BCUT2D eigenvalue weighted by Crippen LogP contribution is -2.08. The van der Waals surface area contributed by atoms with Crippen molar-refractivity contribution in [3.05, 3.63) is 47.0 Å². The quantitative estimate of drug-likeness (QED) is 0.813. The highest BCUT2D eigenvalue weighted by molar-refractivity contribution is 5.57. The number of halogens is 3. The van der Waals surface area contributed by atoms with Crippen molar-refractivity contribution < 1.29 is 17.9 Å². The first kappa shape index (κ1) is 15.0. The molecule has 0 bridgehead atoms. The van der Waals surface area contributed by atoms with Gasteiger partial charge in [0.1, 0.15) is 11.5 Å². The molecule has 3 nitrogen and oxygen atoms in total. The molecule has 0 amide bonds. The summed E-state index contributed by atoms with van der Waals surface area (Å²) in [6, 6.07) is 6.80. The third-order valence-corrected chi connectivity index (χ3v) is 3.13. The van der Waals surface area contributed by atoms with Gasteiger partial charge in [-0.25, -0.2) is 0 Å². The predicted molar refractivity (Wildman–Crippen MR) is 76.3 cm³/mol. The topological polar surface area (TPSA) is 61.3 Å². The average Bonchev–Trinajstić information content (AvgIpc) is 2.37. The van der Waals surface area contributed by atoms with E-state index in [0.717, 1.165) is 17.2 Å². The molecule has 0 saturated carbocycles. The Kier molecular flexibility index (Phi) is 3.72. The molecule has 0 aliphatic heterocycles. The first-order valence-corrected chi connectivity index (χ1v) is 6.20. The molecule has 0 radical (unpaired) electrons. The molecule has 2 aromatic rings. The summed E-state index contributed by atoms with van der Waals surface area (Å²) >= 11 is 0. The average molecular weight is 296 g/mol. The van der Waals surface area contributed by atoms with Crippen LogP contribution in [-0.4, -0.2) is 0 Å². The Balaban J connectivity index is 2.37. The molecule has 6 heteroatoms. The van der Waals surface area contributed by atoms with Gasteiger partial charge in [-0.2, -0.15) is 13.2 Å². The van der Waals surface area contributed by atoms with Crippen LogP contribution in [0.25, 0.3) is 0 Å². The van der Waals surface area contributed by atoms with Crippen molar-refractivity contribution in [2.45, 2.75) is 20.0 Å². The maximum Gasteiger partial charge on any atom is 0.418 e. The van der Waals surface area contributed by atoms with E-state index in [4.69, 9.17) is 16.2 Å². The second-order valence-corrected chi connectivity index (χ2v) is 4.82. The number of anilines is 2. The van der Waals surface area contributed by atoms with Gasteiger partial charge in [-0.15, -0.1) is 0 Å². The SMILES string of the molecule is Cc1cc(Oc2ccc(N)c(C(F)(F)F)c2)cc(C)c1N. The van der Waals surface area contributed by atoms with E-state index in [0.29, 0.717) is 11.4 Å². The number of nitrogen functional groups attached to an aromatic ring is 2. The Morgan fingerprint density at radius 2 is 1.48 bits per heavy atom. The van der Waals surface area contributed by atoms with Crippen LogP contribution >= 0.6 is 0 Å². The molecule has 2 rings (SSSR count). The maximum atomic E-state index is 12.8. The van der Waals surface area contributed by atoms with Crippen LogP contribution in [0.5, 0.6) is 11.5 Å². The molecule has 0 saturated heterocycles. The molecule has 0 heterocycles. The predicted octanol–water partition coefficient (Wildman–Crippen LogP) is 4.28. The fourth-order valence-corrected chi connectivity index (χ4v) is 1.97. The van der Waals surface area contributed by atoms with Gasteiger partial charge in [-0.05, 0) is 55.3 Å². The lowest BCUT2D eigenvalue weighted by molar-refractivity contribution is -0.137. The smallest absolute Gasteiger partial charge is 0.418 e. The lowest BCUT2D eigenvalue weighted by atomic mass is 10.1. The zero-order chi connectivity index (χ0) is 15.8. The molecule has 2 aromatic carbocycles. The van der Waals surface area contributed by atoms with E-state index in [1.807, 2.05) is 0 Å². The summed E-state index contributed by atoms with van der Waals surface area (Å²) in [6.07, 6.45) is -4.52. The molecule has 21 heavy (non-hydrogen) atoms. The second kappa shape index (κ2) is 5.20. The molecule has 0 fully saturated rings. The zero-order valence-electron chi connectivity index (χ0n) is 11.6. The monoisotopic (exact) mass is 296 g/mol. The number of ether oxygens (including phenoxy) is 1. The Labute approximate surface area is 120 Å². The van der Waals surface area contributed by atoms with Gasteiger partial charge >= 0.3 is 6.18 Å². The second-order valence-electron chi connectivity index (χ2n) is 4.82. The van der Waals surface area contributed by atoms with Crippen LogP contribution in [0.4, 0.5) is 24.5 Å². The van der Waals surface area contributed by atoms with E-state index in [1.54, 1.807) is 26.0 Å². The van der Waals surface area contributed by atoms with Gasteiger partial charge in [0, 0.05) is 11.4 Å². The van der Waals surface area contributed by atoms with Crippen molar-refractivity contribution in [1.29, 1.82) is 0 Å². The van der Waals surface area contributed by atoms with Crippen LogP contribution in [0.1, 0.15) is 16.7 Å². The number of aryl methyl sites for hydroxylation is 2. The van der Waals surface area contributed by atoms with Gasteiger partial charge in [-0.1, -0.05) is 0 Å². The lowest BCUT2D eigenvalue weighted by Gasteiger charge is -2.14. The molecular formula is C15H15F3N2O. The highest BCUT2D eigenvalue weighted by atomic mass is 19.4. The van der Waals surface area contributed by atoms with Crippen molar-refractivity contribution in [1.82, 2.24) is 0 Å². The van der Waals surface area contributed by atoms with Gasteiger partial charge in [0.25, 0.3) is 0 Å². The van der Waals surface area contributed by atoms with Crippen LogP contribution in [-0.2, 0) is 6.18 Å². The zero-order valence-corrected chi connectivity index (χ0v) is 11.6. The summed E-state index contributed by atoms with van der Waals surface area (Å²) in [6.45, 7) is 3.61. The summed E-state index contributed by atoms with van der Waals surface area (Å²) in [7, 11) is 0. The highest BCUT2D eigenvalue weighted by Crippen LogP contribution is 2.37. The number of hydrogen-bond acceptors (Lipinski definition) is 3. The van der Waals surface area contributed by atoms with E-state index in [1.165, 1.54) is 12.1 Å². The highest BCUT2D eigenvalue weighted by Gasteiger charge is 2.33. The van der Waals surface area contributed by atoms with E-state index in [9.17, 15) is 13.2 Å². The van der Waals surface area contributed by atoms with Crippen molar-refractivity contribution >= 4 is 11.4 Å². The van der Waals surface area contributed by atoms with Crippen molar-refractivity contribution in [3.8, 4) is 11.5 Å². The molecular weight excluding hydrogens is 281 g/mol. The number of alkyl halides is 3. The Bertz CT molecular complexity index is 658. The van der Waals surface area contributed by atoms with Crippen LogP contribution in [0.15, 0.2) is 30.3 Å². The van der Waals surface area contributed by atoms with E-state index >= 15 is 0 Å². The summed E-state index contributed by atoms with van der Waals surface area (Å²) in [5, 5.41) is 0. The normalized spacial score (nSPS) is 11.5. The largest absolute Gasteiger partial charge is 0.457 e. The Morgan fingerprint density at radius 3 is 2.00 bits per heavy atom. The number of nitrogens with two attached hydrogens (primary N) is 2. The van der Waals surface area contributed by atoms with Crippen LogP contribution in [0.2, 0.25) is 0 Å². The number of rotatable bonds is 2. The summed E-state index contributed by atoms with van der Waals surface area (Å²) in [5.74, 6) is 0.497. The Morgan fingerprint density at radius 1 is 0.905 bits per heavy atom. The number of benzene rings is 2. The van der Waals surface area contributed by atoms with Gasteiger partial charge in [0.05, 0.1) is 5.56 Å². The van der Waals surface area contributed by atoms with Crippen LogP contribution in [0, 0.1) is 13.8 Å². The van der Waals surface area contributed by atoms with Gasteiger partial charge in [0.2, 0.25) is 0 Å². The van der Waals surface area contributed by atoms with E-state index in [2.05, 4.69) is 0 Å². The summed E-state index contributed by atoms with van der Waals surface area (Å²) < 4.78 is 43.9.